The Morgan fingerprint density at radius 3 is 2.60 bits per heavy atom. The number of methoxy groups -OCH3 is 1. The fraction of sp³-hybridized carbons (Fsp3) is 0.200. The van der Waals surface area contributed by atoms with E-state index in [9.17, 15) is 9.59 Å². The molecule has 0 saturated heterocycles. The summed E-state index contributed by atoms with van der Waals surface area (Å²) in [5.74, 6) is 1.85. The second kappa shape index (κ2) is 11.0. The highest BCUT2D eigenvalue weighted by molar-refractivity contribution is 5.94. The molecule has 0 unspecified atom stereocenters. The number of nitrogens with one attached hydrogen (secondary N) is 2. The predicted octanol–water partition coefficient (Wildman–Crippen LogP) is 3.97. The fourth-order valence-electron chi connectivity index (χ4n) is 3.25. The lowest BCUT2D eigenvalue weighted by atomic mass is 10.1. The minimum atomic E-state index is -0.279. The first-order chi connectivity index (χ1) is 17.0. The molecule has 3 amide bonds. The number of amides is 3. The quantitative estimate of drug-likeness (QED) is 0.375. The molecule has 2 heterocycles. The number of nitrogens with zero attached hydrogens (tertiary/aromatic N) is 3. The van der Waals surface area contributed by atoms with Gasteiger partial charge in [0.25, 0.3) is 11.8 Å². The molecule has 0 aliphatic carbocycles. The van der Waals surface area contributed by atoms with Crippen molar-refractivity contribution < 1.29 is 23.3 Å². The van der Waals surface area contributed by atoms with Gasteiger partial charge in [-0.05, 0) is 48.5 Å². The summed E-state index contributed by atoms with van der Waals surface area (Å²) < 4.78 is 15.8. The number of furan rings is 1. The molecule has 10 heteroatoms. The molecule has 0 bridgehead atoms. The summed E-state index contributed by atoms with van der Waals surface area (Å²) in [4.78, 5) is 30.7. The molecular formula is C25H25N5O5. The minimum absolute atomic E-state index is 0.214. The van der Waals surface area contributed by atoms with Gasteiger partial charge in [0.15, 0.2) is 5.82 Å². The maximum absolute atomic E-state index is 12.5. The first-order valence-electron chi connectivity index (χ1n) is 10.9. The van der Waals surface area contributed by atoms with Crippen LogP contribution in [-0.4, -0.2) is 47.7 Å². The van der Waals surface area contributed by atoms with Gasteiger partial charge in [0, 0.05) is 31.1 Å². The van der Waals surface area contributed by atoms with Gasteiger partial charge in [0.2, 0.25) is 0 Å². The number of likely N-dealkylation sites (N-methyl/N-ethyl adjacent to an activating group) is 1. The first kappa shape index (κ1) is 23.6. The van der Waals surface area contributed by atoms with Crippen molar-refractivity contribution in [3.8, 4) is 17.2 Å². The van der Waals surface area contributed by atoms with E-state index in [1.54, 1.807) is 69.0 Å². The normalized spacial score (nSPS) is 10.6. The highest BCUT2D eigenvalue weighted by Crippen LogP contribution is 2.23. The summed E-state index contributed by atoms with van der Waals surface area (Å²) in [6.45, 7) is 0.695. The summed E-state index contributed by atoms with van der Waals surface area (Å²) >= 11 is 0. The van der Waals surface area contributed by atoms with E-state index in [2.05, 4.69) is 20.8 Å². The molecule has 2 N–H and O–H groups in total. The third-order valence-electron chi connectivity index (χ3n) is 5.23. The van der Waals surface area contributed by atoms with Gasteiger partial charge < -0.3 is 29.2 Å². The first-order valence-corrected chi connectivity index (χ1v) is 10.9. The largest absolute Gasteiger partial charge is 0.495 e. The lowest BCUT2D eigenvalue weighted by Crippen LogP contribution is -2.33. The average molecular weight is 476 g/mol. The lowest BCUT2D eigenvalue weighted by Gasteiger charge is -2.18. The Labute approximate surface area is 201 Å². The number of hydrogen-bond donors (Lipinski definition) is 2. The van der Waals surface area contributed by atoms with Crippen molar-refractivity contribution in [2.45, 2.75) is 13.0 Å². The van der Waals surface area contributed by atoms with Gasteiger partial charge in [-0.25, -0.2) is 4.79 Å². The number of aromatic nitrogens is 2. The van der Waals surface area contributed by atoms with Crippen LogP contribution in [0.4, 0.5) is 10.5 Å². The van der Waals surface area contributed by atoms with Crippen LogP contribution in [0, 0.1) is 0 Å². The van der Waals surface area contributed by atoms with E-state index >= 15 is 0 Å². The molecule has 0 radical (unpaired) electrons. The molecule has 10 nitrogen and oxygen atoms in total. The van der Waals surface area contributed by atoms with E-state index < -0.39 is 0 Å². The summed E-state index contributed by atoms with van der Waals surface area (Å²) in [6, 6.07) is 17.3. The Morgan fingerprint density at radius 1 is 1.06 bits per heavy atom. The summed E-state index contributed by atoms with van der Waals surface area (Å²) in [6.07, 6.45) is 1.97. The van der Waals surface area contributed by atoms with Crippen molar-refractivity contribution in [3.05, 3.63) is 84.1 Å². The van der Waals surface area contributed by atoms with Crippen LogP contribution in [-0.2, 0) is 13.0 Å². The number of ether oxygens (including phenoxy) is 1. The molecular weight excluding hydrogens is 450 g/mol. The van der Waals surface area contributed by atoms with Crippen molar-refractivity contribution in [1.29, 1.82) is 0 Å². The molecule has 0 spiro atoms. The Kier molecular flexibility index (Phi) is 7.41. The Morgan fingerprint density at radius 2 is 1.86 bits per heavy atom. The zero-order valence-corrected chi connectivity index (χ0v) is 19.4. The maximum Gasteiger partial charge on any atom is 0.321 e. The number of anilines is 1. The molecule has 2 aromatic heterocycles. The minimum Gasteiger partial charge on any atom is -0.495 e. The molecule has 4 aromatic rings. The standard InChI is InChI=1S/C25H25N5O5/c1-30(25(32)27-20-7-3-4-8-21(20)33-2)14-13-22-28-24(35-29-22)18-11-9-17(10-12-18)23(31)26-16-19-6-5-15-34-19/h3-12,15H,13-14,16H2,1-2H3,(H,26,31)(H,27,32). The summed E-state index contributed by atoms with van der Waals surface area (Å²) in [5, 5.41) is 9.61. The molecule has 0 saturated carbocycles. The van der Waals surface area contributed by atoms with E-state index in [0.717, 1.165) is 0 Å². The van der Waals surface area contributed by atoms with Gasteiger partial charge in [0.05, 0.1) is 25.6 Å². The third-order valence-corrected chi connectivity index (χ3v) is 5.23. The number of benzene rings is 2. The third kappa shape index (κ3) is 6.05. The van der Waals surface area contributed by atoms with Gasteiger partial charge in [-0.2, -0.15) is 4.98 Å². The van der Waals surface area contributed by atoms with Crippen molar-refractivity contribution in [2.24, 2.45) is 0 Å². The highest BCUT2D eigenvalue weighted by Gasteiger charge is 2.15. The topological polar surface area (TPSA) is 123 Å². The second-order valence-corrected chi connectivity index (χ2v) is 7.66. The molecule has 0 fully saturated rings. The molecule has 4 rings (SSSR count). The Bertz CT molecular complexity index is 1270. The molecule has 35 heavy (non-hydrogen) atoms. The number of carbonyl (C=O) groups excluding carboxylic acids is 2. The molecule has 0 atom stereocenters. The summed E-state index contributed by atoms with van der Waals surface area (Å²) in [7, 11) is 3.23. The van der Waals surface area contributed by atoms with Crippen molar-refractivity contribution >= 4 is 17.6 Å². The number of rotatable bonds is 9. The molecule has 180 valence electrons. The van der Waals surface area contributed by atoms with E-state index in [1.807, 2.05) is 12.1 Å². The van der Waals surface area contributed by atoms with E-state index in [1.165, 1.54) is 4.90 Å². The maximum atomic E-state index is 12.5. The molecule has 0 aliphatic rings. The van der Waals surface area contributed by atoms with Gasteiger partial charge in [-0.3, -0.25) is 4.79 Å². The van der Waals surface area contributed by atoms with Gasteiger partial charge >= 0.3 is 6.03 Å². The SMILES string of the molecule is COc1ccccc1NC(=O)N(C)CCc1noc(-c2ccc(C(=O)NCc3ccco3)cc2)n1. The number of para-hydroxylation sites is 2. The second-order valence-electron chi connectivity index (χ2n) is 7.66. The zero-order chi connectivity index (χ0) is 24.6. The van der Waals surface area contributed by atoms with Crippen LogP contribution in [0.2, 0.25) is 0 Å². The van der Waals surface area contributed by atoms with Crippen LogP contribution in [0.5, 0.6) is 5.75 Å². The number of urea groups is 1. The van der Waals surface area contributed by atoms with Crippen molar-refractivity contribution in [2.75, 3.05) is 26.0 Å². The van der Waals surface area contributed by atoms with Crippen LogP contribution >= 0.6 is 0 Å². The molecule has 0 aliphatic heterocycles. The van der Waals surface area contributed by atoms with Crippen molar-refractivity contribution in [1.82, 2.24) is 20.4 Å². The van der Waals surface area contributed by atoms with Gasteiger partial charge in [-0.15, -0.1) is 0 Å². The highest BCUT2D eigenvalue weighted by atomic mass is 16.5. The average Bonchev–Trinajstić information content (AvgIpc) is 3.58. The molecule has 2 aromatic carbocycles. The number of carbonyl (C=O) groups is 2. The van der Waals surface area contributed by atoms with Crippen LogP contribution in [0.15, 0.2) is 75.9 Å². The van der Waals surface area contributed by atoms with E-state index in [4.69, 9.17) is 13.7 Å². The smallest absolute Gasteiger partial charge is 0.321 e. The van der Waals surface area contributed by atoms with Gasteiger partial charge in [-0.1, -0.05) is 17.3 Å². The van der Waals surface area contributed by atoms with E-state index in [0.29, 0.717) is 59.5 Å². The lowest BCUT2D eigenvalue weighted by molar-refractivity contribution is 0.0948. The van der Waals surface area contributed by atoms with Crippen molar-refractivity contribution in [3.63, 3.8) is 0 Å². The number of hydrogen-bond acceptors (Lipinski definition) is 7. The zero-order valence-electron chi connectivity index (χ0n) is 19.4. The monoisotopic (exact) mass is 475 g/mol. The van der Waals surface area contributed by atoms with Crippen LogP contribution < -0.4 is 15.4 Å². The van der Waals surface area contributed by atoms with Crippen LogP contribution in [0.3, 0.4) is 0 Å². The van der Waals surface area contributed by atoms with Crippen LogP contribution in [0.1, 0.15) is 21.9 Å². The predicted molar refractivity (Wildman–Crippen MR) is 128 cm³/mol. The van der Waals surface area contributed by atoms with E-state index in [-0.39, 0.29) is 11.9 Å². The fourth-order valence-corrected chi connectivity index (χ4v) is 3.25. The Balaban J connectivity index is 1.29. The van der Waals surface area contributed by atoms with Gasteiger partial charge in [0.1, 0.15) is 11.5 Å². The summed E-state index contributed by atoms with van der Waals surface area (Å²) in [5.41, 5.74) is 1.78. The van der Waals surface area contributed by atoms with Crippen LogP contribution in [0.25, 0.3) is 11.5 Å². The Hall–Kier alpha value is -4.60.